The summed E-state index contributed by atoms with van der Waals surface area (Å²) in [6.45, 7) is 9.34. The van der Waals surface area contributed by atoms with Gasteiger partial charge in [-0.25, -0.2) is 0 Å². The second kappa shape index (κ2) is 10.5. The van der Waals surface area contributed by atoms with Crippen LogP contribution in [0.2, 0.25) is 0 Å². The van der Waals surface area contributed by atoms with Gasteiger partial charge in [0.15, 0.2) is 0 Å². The van der Waals surface area contributed by atoms with Gasteiger partial charge in [-0.1, -0.05) is 39.8 Å². The van der Waals surface area contributed by atoms with Crippen LogP contribution in [0.4, 0.5) is 0 Å². The number of nitrogens with two attached hydrogens (primary N) is 1. The molecule has 0 saturated heterocycles. The SMILES string of the molecule is CC(C)C[C@H](N)C(=O)NCCOc1ccc(C(C)C)cc1.Cl. The first-order valence-corrected chi connectivity index (χ1v) is 7.66. The van der Waals surface area contributed by atoms with Crippen molar-refractivity contribution in [3.05, 3.63) is 29.8 Å². The van der Waals surface area contributed by atoms with Gasteiger partial charge in [0.05, 0.1) is 12.6 Å². The van der Waals surface area contributed by atoms with Crippen molar-refractivity contribution >= 4 is 18.3 Å². The molecule has 0 bridgehead atoms. The van der Waals surface area contributed by atoms with Crippen LogP contribution in [0.5, 0.6) is 5.75 Å². The van der Waals surface area contributed by atoms with Crippen molar-refractivity contribution in [2.75, 3.05) is 13.2 Å². The highest BCUT2D eigenvalue weighted by Gasteiger charge is 2.14. The van der Waals surface area contributed by atoms with Crippen molar-refractivity contribution in [3.8, 4) is 5.75 Å². The Labute approximate surface area is 140 Å². The molecule has 0 radical (unpaired) electrons. The molecule has 3 N–H and O–H groups in total. The minimum Gasteiger partial charge on any atom is -0.492 e. The van der Waals surface area contributed by atoms with Gasteiger partial charge >= 0.3 is 0 Å². The minimum atomic E-state index is -0.435. The number of carbonyl (C=O) groups excluding carboxylic acids is 1. The van der Waals surface area contributed by atoms with E-state index in [2.05, 4.69) is 45.1 Å². The lowest BCUT2D eigenvalue weighted by Crippen LogP contribution is -2.42. The lowest BCUT2D eigenvalue weighted by Gasteiger charge is -2.14. The summed E-state index contributed by atoms with van der Waals surface area (Å²) >= 11 is 0. The molecule has 5 heteroatoms. The summed E-state index contributed by atoms with van der Waals surface area (Å²) in [7, 11) is 0. The van der Waals surface area contributed by atoms with Gasteiger partial charge < -0.3 is 15.8 Å². The number of hydrogen-bond donors (Lipinski definition) is 2. The van der Waals surface area contributed by atoms with Crippen molar-refractivity contribution in [1.82, 2.24) is 5.32 Å². The first kappa shape index (κ1) is 20.7. The molecule has 0 aliphatic heterocycles. The summed E-state index contributed by atoms with van der Waals surface area (Å²) in [6.07, 6.45) is 0.698. The van der Waals surface area contributed by atoms with E-state index in [0.29, 0.717) is 31.4 Å². The number of hydrogen-bond acceptors (Lipinski definition) is 3. The third-order valence-corrected chi connectivity index (χ3v) is 3.28. The molecule has 1 aromatic carbocycles. The van der Waals surface area contributed by atoms with E-state index < -0.39 is 6.04 Å². The summed E-state index contributed by atoms with van der Waals surface area (Å²) in [6, 6.07) is 7.62. The molecule has 0 fully saturated rings. The Morgan fingerprint density at radius 2 is 1.77 bits per heavy atom. The number of halogens is 1. The highest BCUT2D eigenvalue weighted by atomic mass is 35.5. The summed E-state index contributed by atoms with van der Waals surface area (Å²) in [5.74, 6) is 1.64. The summed E-state index contributed by atoms with van der Waals surface area (Å²) in [5, 5.41) is 2.80. The van der Waals surface area contributed by atoms with Crippen molar-refractivity contribution in [3.63, 3.8) is 0 Å². The lowest BCUT2D eigenvalue weighted by molar-refractivity contribution is -0.122. The zero-order valence-corrected chi connectivity index (χ0v) is 14.8. The monoisotopic (exact) mass is 328 g/mol. The standard InChI is InChI=1S/C17H28N2O2.ClH/c1-12(2)11-16(18)17(20)19-9-10-21-15-7-5-14(6-8-15)13(3)4;/h5-8,12-13,16H,9-11,18H2,1-4H3,(H,19,20);1H/t16-;/m0./s1. The predicted octanol–water partition coefficient (Wildman–Crippen LogP) is 3.10. The summed E-state index contributed by atoms with van der Waals surface area (Å²) < 4.78 is 5.60. The topological polar surface area (TPSA) is 64.4 Å². The molecule has 1 amide bonds. The number of carbonyl (C=O) groups is 1. The molecular formula is C17H29ClN2O2. The van der Waals surface area contributed by atoms with Gasteiger partial charge in [-0.2, -0.15) is 0 Å². The highest BCUT2D eigenvalue weighted by molar-refractivity contribution is 5.85. The van der Waals surface area contributed by atoms with Crippen LogP contribution in [-0.2, 0) is 4.79 Å². The highest BCUT2D eigenvalue weighted by Crippen LogP contribution is 2.18. The number of benzene rings is 1. The molecule has 0 aliphatic rings. The molecule has 1 atom stereocenters. The Morgan fingerprint density at radius 3 is 2.27 bits per heavy atom. The third kappa shape index (κ3) is 7.66. The molecule has 0 heterocycles. The first-order chi connectivity index (χ1) is 9.90. The third-order valence-electron chi connectivity index (χ3n) is 3.28. The Bertz CT molecular complexity index is 433. The van der Waals surface area contributed by atoms with Crippen LogP contribution in [0.25, 0.3) is 0 Å². The largest absolute Gasteiger partial charge is 0.492 e. The van der Waals surface area contributed by atoms with Gasteiger partial charge in [0.2, 0.25) is 5.91 Å². The van der Waals surface area contributed by atoms with Crippen LogP contribution in [-0.4, -0.2) is 25.1 Å². The van der Waals surface area contributed by atoms with Gasteiger partial charge in [0.1, 0.15) is 12.4 Å². The molecular weight excluding hydrogens is 300 g/mol. The lowest BCUT2D eigenvalue weighted by atomic mass is 10.0. The predicted molar refractivity (Wildman–Crippen MR) is 93.7 cm³/mol. The first-order valence-electron chi connectivity index (χ1n) is 7.66. The maximum Gasteiger partial charge on any atom is 0.237 e. The zero-order valence-electron chi connectivity index (χ0n) is 14.0. The van der Waals surface area contributed by atoms with E-state index in [1.54, 1.807) is 0 Å². The van der Waals surface area contributed by atoms with Gasteiger partial charge in [-0.15, -0.1) is 12.4 Å². The van der Waals surface area contributed by atoms with Crippen LogP contribution in [0.3, 0.4) is 0 Å². The maximum absolute atomic E-state index is 11.7. The number of amides is 1. The van der Waals surface area contributed by atoms with Crippen LogP contribution >= 0.6 is 12.4 Å². The minimum absolute atomic E-state index is 0. The molecule has 0 spiro atoms. The van der Waals surface area contributed by atoms with Crippen LogP contribution in [0.15, 0.2) is 24.3 Å². The maximum atomic E-state index is 11.7. The van der Waals surface area contributed by atoms with E-state index >= 15 is 0 Å². The zero-order chi connectivity index (χ0) is 15.8. The van der Waals surface area contributed by atoms with Gasteiger partial charge in [0.25, 0.3) is 0 Å². The molecule has 22 heavy (non-hydrogen) atoms. The van der Waals surface area contributed by atoms with E-state index in [0.717, 1.165) is 5.75 Å². The number of rotatable bonds is 8. The van der Waals surface area contributed by atoms with Gasteiger partial charge in [0, 0.05) is 0 Å². The Balaban J connectivity index is 0.00000441. The molecule has 1 rings (SSSR count). The van der Waals surface area contributed by atoms with E-state index in [-0.39, 0.29) is 18.3 Å². The molecule has 0 unspecified atom stereocenters. The van der Waals surface area contributed by atoms with E-state index in [9.17, 15) is 4.79 Å². The van der Waals surface area contributed by atoms with E-state index in [1.165, 1.54) is 5.56 Å². The fourth-order valence-electron chi connectivity index (χ4n) is 2.04. The summed E-state index contributed by atoms with van der Waals surface area (Å²) in [5.41, 5.74) is 7.09. The molecule has 0 aromatic heterocycles. The van der Waals surface area contributed by atoms with Gasteiger partial charge in [-0.05, 0) is 36.0 Å². The number of nitrogens with one attached hydrogen (secondary N) is 1. The Kier molecular flexibility index (Phi) is 9.86. The average Bonchev–Trinajstić information content (AvgIpc) is 2.43. The summed E-state index contributed by atoms with van der Waals surface area (Å²) in [4.78, 5) is 11.7. The van der Waals surface area contributed by atoms with Crippen molar-refractivity contribution in [2.24, 2.45) is 11.7 Å². The molecule has 0 saturated carbocycles. The van der Waals surface area contributed by atoms with Crippen LogP contribution < -0.4 is 15.8 Å². The van der Waals surface area contributed by atoms with Crippen molar-refractivity contribution < 1.29 is 9.53 Å². The van der Waals surface area contributed by atoms with E-state index in [4.69, 9.17) is 10.5 Å². The quantitative estimate of drug-likeness (QED) is 0.721. The second-order valence-corrected chi connectivity index (χ2v) is 6.10. The normalized spacial score (nSPS) is 12.0. The van der Waals surface area contributed by atoms with Crippen LogP contribution in [0, 0.1) is 5.92 Å². The fraction of sp³-hybridized carbons (Fsp3) is 0.588. The van der Waals surface area contributed by atoms with Crippen molar-refractivity contribution in [2.45, 2.75) is 46.1 Å². The smallest absolute Gasteiger partial charge is 0.237 e. The molecule has 4 nitrogen and oxygen atoms in total. The van der Waals surface area contributed by atoms with Gasteiger partial charge in [-0.3, -0.25) is 4.79 Å². The molecule has 0 aliphatic carbocycles. The molecule has 1 aromatic rings. The van der Waals surface area contributed by atoms with Crippen molar-refractivity contribution in [1.29, 1.82) is 0 Å². The fourth-order valence-corrected chi connectivity index (χ4v) is 2.04. The molecule has 126 valence electrons. The number of ether oxygens (including phenoxy) is 1. The van der Waals surface area contributed by atoms with Crippen LogP contribution in [0.1, 0.15) is 45.6 Å². The Hall–Kier alpha value is -1.26. The second-order valence-electron chi connectivity index (χ2n) is 6.10. The average molecular weight is 329 g/mol. The Morgan fingerprint density at radius 1 is 1.18 bits per heavy atom. The van der Waals surface area contributed by atoms with E-state index in [1.807, 2.05) is 12.1 Å².